The second-order valence-electron chi connectivity index (χ2n) is 10.4. The van der Waals surface area contributed by atoms with Gasteiger partial charge in [0, 0.05) is 11.4 Å². The Morgan fingerprint density at radius 2 is 1.44 bits per heavy atom. The van der Waals surface area contributed by atoms with E-state index in [9.17, 15) is 0 Å². The molecule has 0 bridgehead atoms. The molecule has 0 aliphatic carbocycles. The molecule has 0 aliphatic heterocycles. The van der Waals surface area contributed by atoms with Gasteiger partial charge in [-0.05, 0) is 95.3 Å². The molecule has 180 valence electrons. The van der Waals surface area contributed by atoms with Crippen molar-refractivity contribution in [2.45, 2.75) is 52.4 Å². The molecule has 1 heterocycles. The first-order valence-corrected chi connectivity index (χ1v) is 15.8. The van der Waals surface area contributed by atoms with Crippen LogP contribution in [0.1, 0.15) is 50.7 Å². The van der Waals surface area contributed by atoms with Gasteiger partial charge in [-0.2, -0.15) is 0 Å². The minimum atomic E-state index is -0.647. The lowest BCUT2D eigenvalue weighted by atomic mass is 9.91. The number of benzene rings is 3. The molecule has 0 saturated heterocycles. The Morgan fingerprint density at radius 1 is 0.735 bits per heavy atom. The first-order valence-electron chi connectivity index (χ1n) is 12.7. The van der Waals surface area contributed by atoms with Crippen molar-refractivity contribution in [3.05, 3.63) is 71.8 Å². The molecule has 3 heteroatoms. The van der Waals surface area contributed by atoms with E-state index in [1.807, 2.05) is 0 Å². The van der Waals surface area contributed by atoms with E-state index in [4.69, 9.17) is 4.98 Å². The summed E-state index contributed by atoms with van der Waals surface area (Å²) < 4.78 is 0. The van der Waals surface area contributed by atoms with Crippen molar-refractivity contribution in [1.29, 1.82) is 0 Å². The van der Waals surface area contributed by atoms with Crippen LogP contribution in [0.25, 0.3) is 32.8 Å². The van der Waals surface area contributed by atoms with Crippen molar-refractivity contribution in [2.24, 2.45) is 0 Å². The van der Waals surface area contributed by atoms with Crippen molar-refractivity contribution < 1.29 is 0 Å². The summed E-state index contributed by atoms with van der Waals surface area (Å²) in [5.41, 5.74) is 5.16. The summed E-state index contributed by atoms with van der Waals surface area (Å²) in [7, 11) is -0.647. The standard InChI is InChI=1S/C31H40N2S/c1-6-8-11-23-16-18-27-26(19-23)21-25-17-15-24(12-9-7-2)20-28(25)31(27)29-13-10-14-30(33-29)32-22-34(3,4)5/h10,13-21H,6-9,11-12,22H2,1-5H3,(H,32,33). The first kappa shape index (κ1) is 24.6. The van der Waals surface area contributed by atoms with Gasteiger partial charge in [0.05, 0.1) is 5.69 Å². The molecule has 0 radical (unpaired) electrons. The predicted molar refractivity (Wildman–Crippen MR) is 156 cm³/mol. The third-order valence-corrected chi connectivity index (χ3v) is 7.42. The fraction of sp³-hybridized carbons (Fsp3) is 0.387. The zero-order chi connectivity index (χ0) is 24.1. The van der Waals surface area contributed by atoms with Gasteiger partial charge in [-0.3, -0.25) is 0 Å². The SMILES string of the molecule is CCCCc1ccc2c(-c3cccc(NCS(C)(C)C)n3)c3cc(CCCC)ccc3cc2c1. The van der Waals surface area contributed by atoms with Gasteiger partial charge < -0.3 is 5.32 Å². The third kappa shape index (κ3) is 5.93. The average Bonchev–Trinajstić information content (AvgIpc) is 2.83. The van der Waals surface area contributed by atoms with Gasteiger partial charge in [0.2, 0.25) is 0 Å². The lowest BCUT2D eigenvalue weighted by Gasteiger charge is -2.25. The molecule has 0 spiro atoms. The molecule has 0 fully saturated rings. The summed E-state index contributed by atoms with van der Waals surface area (Å²) in [6.07, 6.45) is 14.2. The van der Waals surface area contributed by atoms with Crippen LogP contribution in [0.15, 0.2) is 60.7 Å². The van der Waals surface area contributed by atoms with Crippen LogP contribution in [-0.4, -0.2) is 29.6 Å². The Morgan fingerprint density at radius 3 is 2.15 bits per heavy atom. The number of pyridine rings is 1. The number of rotatable bonds is 10. The maximum atomic E-state index is 5.11. The van der Waals surface area contributed by atoms with Crippen LogP contribution >= 0.6 is 10.0 Å². The summed E-state index contributed by atoms with van der Waals surface area (Å²) >= 11 is 0. The van der Waals surface area contributed by atoms with E-state index in [2.05, 4.69) is 98.6 Å². The van der Waals surface area contributed by atoms with Gasteiger partial charge >= 0.3 is 0 Å². The second kappa shape index (κ2) is 10.8. The van der Waals surface area contributed by atoms with Crippen LogP contribution in [0.5, 0.6) is 0 Å². The highest BCUT2D eigenvalue weighted by Gasteiger charge is 2.14. The molecule has 34 heavy (non-hydrogen) atoms. The second-order valence-corrected chi connectivity index (χ2v) is 14.9. The summed E-state index contributed by atoms with van der Waals surface area (Å²) in [5, 5.41) is 8.82. The normalized spacial score (nSPS) is 12.4. The maximum Gasteiger partial charge on any atom is 0.127 e. The van der Waals surface area contributed by atoms with E-state index in [0.29, 0.717) is 0 Å². The molecule has 4 aromatic rings. The van der Waals surface area contributed by atoms with E-state index < -0.39 is 10.0 Å². The molecule has 0 aliphatic rings. The number of nitrogens with one attached hydrogen (secondary N) is 1. The van der Waals surface area contributed by atoms with Crippen LogP contribution < -0.4 is 5.32 Å². The number of fused-ring (bicyclic) bond motifs is 2. The Kier molecular flexibility index (Phi) is 7.83. The minimum absolute atomic E-state index is 0.647. The van der Waals surface area contributed by atoms with Crippen LogP contribution in [0.4, 0.5) is 5.82 Å². The Bertz CT molecular complexity index is 1270. The molecule has 0 unspecified atom stereocenters. The van der Waals surface area contributed by atoms with Gasteiger partial charge in [0.15, 0.2) is 0 Å². The number of hydrogen-bond donors (Lipinski definition) is 1. The van der Waals surface area contributed by atoms with E-state index >= 15 is 0 Å². The van der Waals surface area contributed by atoms with Crippen LogP contribution in [-0.2, 0) is 12.8 Å². The molecular weight excluding hydrogens is 432 g/mol. The van der Waals surface area contributed by atoms with E-state index in [-0.39, 0.29) is 0 Å². The predicted octanol–water partition coefficient (Wildman–Crippen LogP) is 8.80. The number of anilines is 1. The number of nitrogens with zero attached hydrogens (tertiary/aromatic N) is 1. The van der Waals surface area contributed by atoms with Gasteiger partial charge in [-0.25, -0.2) is 15.0 Å². The van der Waals surface area contributed by atoms with E-state index in [1.54, 1.807) is 0 Å². The van der Waals surface area contributed by atoms with Crippen molar-refractivity contribution in [3.63, 3.8) is 0 Å². The average molecular weight is 473 g/mol. The minimum Gasteiger partial charge on any atom is -0.363 e. The molecule has 1 aromatic heterocycles. The van der Waals surface area contributed by atoms with Crippen LogP contribution in [0.3, 0.4) is 0 Å². The van der Waals surface area contributed by atoms with Crippen molar-refractivity contribution in [3.8, 4) is 11.3 Å². The summed E-state index contributed by atoms with van der Waals surface area (Å²) in [5.74, 6) is 1.94. The first-order chi connectivity index (χ1) is 16.4. The van der Waals surface area contributed by atoms with Crippen LogP contribution in [0, 0.1) is 0 Å². The van der Waals surface area contributed by atoms with E-state index in [0.717, 1.165) is 30.2 Å². The fourth-order valence-corrected chi connectivity index (χ4v) is 5.11. The molecule has 0 atom stereocenters. The monoisotopic (exact) mass is 472 g/mol. The van der Waals surface area contributed by atoms with Gasteiger partial charge in [0.1, 0.15) is 5.82 Å². The van der Waals surface area contributed by atoms with Crippen molar-refractivity contribution >= 4 is 37.4 Å². The fourth-order valence-electron chi connectivity index (χ4n) is 4.53. The van der Waals surface area contributed by atoms with Gasteiger partial charge in [-0.1, -0.05) is 69.2 Å². The third-order valence-electron chi connectivity index (χ3n) is 6.41. The lowest BCUT2D eigenvalue weighted by Crippen LogP contribution is -2.10. The van der Waals surface area contributed by atoms with Crippen LogP contribution in [0.2, 0.25) is 0 Å². The topological polar surface area (TPSA) is 24.9 Å². The summed E-state index contributed by atoms with van der Waals surface area (Å²) in [6, 6.07) is 22.9. The Labute approximate surface area is 207 Å². The largest absolute Gasteiger partial charge is 0.363 e. The molecule has 4 rings (SSSR count). The number of hydrogen-bond acceptors (Lipinski definition) is 2. The molecule has 0 saturated carbocycles. The number of aromatic nitrogens is 1. The zero-order valence-electron chi connectivity index (χ0n) is 21.6. The van der Waals surface area contributed by atoms with Gasteiger partial charge in [-0.15, -0.1) is 0 Å². The molecule has 1 N–H and O–H groups in total. The lowest BCUT2D eigenvalue weighted by molar-refractivity contribution is 0.796. The number of aryl methyl sites for hydroxylation is 2. The smallest absolute Gasteiger partial charge is 0.127 e. The van der Waals surface area contributed by atoms with E-state index in [1.165, 1.54) is 63.9 Å². The summed E-state index contributed by atoms with van der Waals surface area (Å²) in [6.45, 7) is 4.52. The molecule has 3 aromatic carbocycles. The Balaban J connectivity index is 1.88. The molecule has 0 amide bonds. The quantitative estimate of drug-likeness (QED) is 0.233. The summed E-state index contributed by atoms with van der Waals surface area (Å²) in [4.78, 5) is 5.11. The zero-order valence-corrected chi connectivity index (χ0v) is 22.4. The molecule has 2 nitrogen and oxygen atoms in total. The van der Waals surface area contributed by atoms with Crippen molar-refractivity contribution in [1.82, 2.24) is 4.98 Å². The Hall–Kier alpha value is -2.52. The molecular formula is C31H40N2S. The highest BCUT2D eigenvalue weighted by atomic mass is 32.3. The van der Waals surface area contributed by atoms with Crippen molar-refractivity contribution in [2.75, 3.05) is 30.0 Å². The highest BCUT2D eigenvalue weighted by Crippen LogP contribution is 2.38. The highest BCUT2D eigenvalue weighted by molar-refractivity contribution is 8.32. The number of unbranched alkanes of at least 4 members (excludes halogenated alkanes) is 2. The maximum absolute atomic E-state index is 5.11. The van der Waals surface area contributed by atoms with Gasteiger partial charge in [0.25, 0.3) is 0 Å².